The molecule has 0 bridgehead atoms. The molecule has 0 saturated heterocycles. The fraction of sp³-hybridized carbons (Fsp3) is 0.333. The first-order chi connectivity index (χ1) is 8.18. The van der Waals surface area contributed by atoms with Crippen molar-refractivity contribution >= 4 is 21.7 Å². The first kappa shape index (κ1) is 12.1. The lowest BCUT2D eigenvalue weighted by Crippen LogP contribution is -2.09. The summed E-state index contributed by atoms with van der Waals surface area (Å²) in [5.74, 6) is 0.896. The molecule has 5 heteroatoms. The van der Waals surface area contributed by atoms with Crippen LogP contribution in [0.5, 0.6) is 0 Å². The van der Waals surface area contributed by atoms with E-state index in [0.717, 1.165) is 23.3 Å². The molecule has 0 atom stereocenters. The van der Waals surface area contributed by atoms with Crippen molar-refractivity contribution in [2.45, 2.75) is 13.3 Å². The van der Waals surface area contributed by atoms with Crippen molar-refractivity contribution in [1.29, 1.82) is 0 Å². The van der Waals surface area contributed by atoms with Gasteiger partial charge in [0.2, 0.25) is 0 Å². The number of anilines is 1. The molecule has 2 aromatic rings. The second-order valence-electron chi connectivity index (χ2n) is 3.91. The molecule has 1 N–H and O–H groups in total. The molecule has 17 heavy (non-hydrogen) atoms. The lowest BCUT2D eigenvalue weighted by atomic mass is 10.3. The fourth-order valence-electron chi connectivity index (χ4n) is 1.62. The van der Waals surface area contributed by atoms with E-state index < -0.39 is 0 Å². The number of hydrogen-bond donors (Lipinski definition) is 1. The van der Waals surface area contributed by atoms with Crippen LogP contribution in [0.2, 0.25) is 0 Å². The second-order valence-corrected chi connectivity index (χ2v) is 4.71. The van der Waals surface area contributed by atoms with Crippen molar-refractivity contribution in [3.8, 4) is 0 Å². The third-order valence-corrected chi connectivity index (χ3v) is 3.68. The predicted octanol–water partition coefficient (Wildman–Crippen LogP) is 2.54. The van der Waals surface area contributed by atoms with Crippen LogP contribution in [0.4, 0.5) is 5.82 Å². The van der Waals surface area contributed by atoms with E-state index in [2.05, 4.69) is 38.3 Å². The Morgan fingerprint density at radius 2 is 2.18 bits per heavy atom. The van der Waals surface area contributed by atoms with Gasteiger partial charge in [0.1, 0.15) is 5.82 Å². The van der Waals surface area contributed by atoms with E-state index in [1.54, 1.807) is 0 Å². The van der Waals surface area contributed by atoms with Crippen LogP contribution in [0, 0.1) is 6.92 Å². The van der Waals surface area contributed by atoms with Gasteiger partial charge in [-0.2, -0.15) is 5.10 Å². The summed E-state index contributed by atoms with van der Waals surface area (Å²) in [6.07, 6.45) is 4.56. The van der Waals surface area contributed by atoms with E-state index in [4.69, 9.17) is 0 Å². The molecule has 0 unspecified atom stereocenters. The number of nitrogens with one attached hydrogen (secondary N) is 1. The Morgan fingerprint density at radius 1 is 1.35 bits per heavy atom. The highest BCUT2D eigenvalue weighted by molar-refractivity contribution is 9.10. The van der Waals surface area contributed by atoms with Crippen molar-refractivity contribution in [3.05, 3.63) is 40.3 Å². The van der Waals surface area contributed by atoms with Gasteiger partial charge in [0.25, 0.3) is 0 Å². The van der Waals surface area contributed by atoms with Crippen LogP contribution in [0.15, 0.2) is 29.0 Å². The molecule has 0 amide bonds. The van der Waals surface area contributed by atoms with Gasteiger partial charge in [-0.05, 0) is 40.5 Å². The zero-order valence-electron chi connectivity index (χ0n) is 9.94. The number of aryl methyl sites for hydroxylation is 2. The van der Waals surface area contributed by atoms with Gasteiger partial charge < -0.3 is 5.32 Å². The van der Waals surface area contributed by atoms with Gasteiger partial charge in [0.05, 0.1) is 4.47 Å². The lowest BCUT2D eigenvalue weighted by molar-refractivity contribution is 0.711. The molecule has 2 heterocycles. The summed E-state index contributed by atoms with van der Waals surface area (Å²) in [5, 5.41) is 7.46. The van der Waals surface area contributed by atoms with Crippen LogP contribution in [0.1, 0.15) is 11.3 Å². The van der Waals surface area contributed by atoms with Gasteiger partial charge in [-0.15, -0.1) is 0 Å². The van der Waals surface area contributed by atoms with Crippen LogP contribution >= 0.6 is 15.9 Å². The first-order valence-electron chi connectivity index (χ1n) is 5.50. The first-order valence-corrected chi connectivity index (χ1v) is 6.29. The molecular formula is C12H15BrN4. The van der Waals surface area contributed by atoms with Crippen molar-refractivity contribution in [2.75, 3.05) is 11.9 Å². The number of nitrogens with zero attached hydrogens (tertiary/aromatic N) is 3. The van der Waals surface area contributed by atoms with E-state index in [0.29, 0.717) is 0 Å². The molecule has 0 spiro atoms. The maximum Gasteiger partial charge on any atom is 0.140 e. The monoisotopic (exact) mass is 294 g/mol. The highest BCUT2D eigenvalue weighted by Crippen LogP contribution is 2.22. The summed E-state index contributed by atoms with van der Waals surface area (Å²) in [7, 11) is 1.95. The Labute approximate surface area is 109 Å². The third-order valence-electron chi connectivity index (χ3n) is 2.68. The molecule has 2 rings (SSSR count). The Hall–Kier alpha value is -1.36. The summed E-state index contributed by atoms with van der Waals surface area (Å²) >= 11 is 3.53. The molecule has 90 valence electrons. The third kappa shape index (κ3) is 2.85. The predicted molar refractivity (Wildman–Crippen MR) is 72.1 cm³/mol. The zero-order chi connectivity index (χ0) is 12.3. The second kappa shape index (κ2) is 5.31. The molecule has 0 aliphatic carbocycles. The molecule has 0 aliphatic rings. The SMILES string of the molecule is Cc1ccnc(NCCc2ccnn2C)c1Br. The minimum Gasteiger partial charge on any atom is -0.369 e. The number of aromatic nitrogens is 3. The molecular weight excluding hydrogens is 280 g/mol. The summed E-state index contributed by atoms with van der Waals surface area (Å²) in [4.78, 5) is 4.30. The van der Waals surface area contributed by atoms with Crippen molar-refractivity contribution in [3.63, 3.8) is 0 Å². The van der Waals surface area contributed by atoms with Gasteiger partial charge >= 0.3 is 0 Å². The maximum absolute atomic E-state index is 4.30. The van der Waals surface area contributed by atoms with Crippen LogP contribution in [-0.4, -0.2) is 21.3 Å². The Bertz CT molecular complexity index is 507. The smallest absolute Gasteiger partial charge is 0.140 e. The normalized spacial score (nSPS) is 10.5. The van der Waals surface area contributed by atoms with E-state index in [9.17, 15) is 0 Å². The van der Waals surface area contributed by atoms with E-state index >= 15 is 0 Å². The molecule has 0 aromatic carbocycles. The number of halogens is 1. The molecule has 0 saturated carbocycles. The van der Waals surface area contributed by atoms with E-state index in [1.807, 2.05) is 36.3 Å². The average Bonchev–Trinajstić information content (AvgIpc) is 2.71. The number of rotatable bonds is 4. The standard InChI is InChI=1S/C12H15BrN4/c1-9-3-6-14-12(11(9)13)15-7-4-10-5-8-16-17(10)2/h3,5-6,8H,4,7H2,1-2H3,(H,14,15). The summed E-state index contributed by atoms with van der Waals surface area (Å²) in [5.41, 5.74) is 2.39. The van der Waals surface area contributed by atoms with Gasteiger partial charge in [-0.1, -0.05) is 0 Å². The number of hydrogen-bond acceptors (Lipinski definition) is 3. The maximum atomic E-state index is 4.30. The molecule has 0 radical (unpaired) electrons. The van der Waals surface area contributed by atoms with E-state index in [1.165, 1.54) is 11.3 Å². The summed E-state index contributed by atoms with van der Waals surface area (Å²) < 4.78 is 2.92. The Balaban J connectivity index is 1.95. The van der Waals surface area contributed by atoms with Crippen LogP contribution in [0.25, 0.3) is 0 Å². The van der Waals surface area contributed by atoms with Crippen LogP contribution < -0.4 is 5.32 Å². The van der Waals surface area contributed by atoms with Crippen LogP contribution in [-0.2, 0) is 13.5 Å². The largest absolute Gasteiger partial charge is 0.369 e. The Morgan fingerprint density at radius 3 is 2.88 bits per heavy atom. The van der Waals surface area contributed by atoms with Crippen molar-refractivity contribution < 1.29 is 0 Å². The van der Waals surface area contributed by atoms with Crippen LogP contribution in [0.3, 0.4) is 0 Å². The van der Waals surface area contributed by atoms with Crippen molar-refractivity contribution in [2.24, 2.45) is 7.05 Å². The summed E-state index contributed by atoms with van der Waals surface area (Å²) in [6, 6.07) is 4.01. The lowest BCUT2D eigenvalue weighted by Gasteiger charge is -2.09. The molecule has 4 nitrogen and oxygen atoms in total. The highest BCUT2D eigenvalue weighted by Gasteiger charge is 2.03. The summed E-state index contributed by atoms with van der Waals surface area (Å²) in [6.45, 7) is 2.90. The molecule has 2 aromatic heterocycles. The van der Waals surface area contributed by atoms with E-state index in [-0.39, 0.29) is 0 Å². The van der Waals surface area contributed by atoms with Gasteiger partial charge in [0, 0.05) is 38.1 Å². The minimum absolute atomic E-state index is 0.842. The molecule has 0 fully saturated rings. The van der Waals surface area contributed by atoms with Gasteiger partial charge in [-0.3, -0.25) is 4.68 Å². The fourth-order valence-corrected chi connectivity index (χ4v) is 1.99. The minimum atomic E-state index is 0.842. The highest BCUT2D eigenvalue weighted by atomic mass is 79.9. The van der Waals surface area contributed by atoms with Gasteiger partial charge in [0.15, 0.2) is 0 Å². The topological polar surface area (TPSA) is 42.7 Å². The Kier molecular flexibility index (Phi) is 3.78. The zero-order valence-corrected chi connectivity index (χ0v) is 11.5. The quantitative estimate of drug-likeness (QED) is 0.942. The molecule has 0 aliphatic heterocycles. The van der Waals surface area contributed by atoms with Crippen molar-refractivity contribution in [1.82, 2.24) is 14.8 Å². The average molecular weight is 295 g/mol. The number of pyridine rings is 1. The van der Waals surface area contributed by atoms with Gasteiger partial charge in [-0.25, -0.2) is 4.98 Å².